The zero-order chi connectivity index (χ0) is 17.7. The van der Waals surface area contributed by atoms with Gasteiger partial charge in [-0.2, -0.15) is 0 Å². The average molecular weight is 391 g/mol. The number of amides is 1. The zero-order valence-electron chi connectivity index (χ0n) is 14.7. The van der Waals surface area contributed by atoms with Gasteiger partial charge in [0.2, 0.25) is 0 Å². The van der Waals surface area contributed by atoms with E-state index in [4.69, 9.17) is 10.5 Å². The van der Waals surface area contributed by atoms with Crippen molar-refractivity contribution in [1.29, 1.82) is 0 Å². The maximum atomic E-state index is 12.7. The highest BCUT2D eigenvalue weighted by atomic mass is 35.5. The third-order valence-electron chi connectivity index (χ3n) is 4.43. The summed E-state index contributed by atoms with van der Waals surface area (Å²) in [5.74, 6) is -0.159. The number of halogens is 1. The van der Waals surface area contributed by atoms with Crippen LogP contribution in [0.1, 0.15) is 36.5 Å². The number of benzene rings is 1. The lowest BCUT2D eigenvalue weighted by Gasteiger charge is -2.38. The number of hydrogen-bond donors (Lipinski definition) is 1. The summed E-state index contributed by atoms with van der Waals surface area (Å²) in [6.07, 6.45) is 2.96. The van der Waals surface area contributed by atoms with E-state index in [9.17, 15) is 13.2 Å². The van der Waals surface area contributed by atoms with Crippen LogP contribution in [0.5, 0.6) is 0 Å². The van der Waals surface area contributed by atoms with E-state index in [-0.39, 0.29) is 47.7 Å². The van der Waals surface area contributed by atoms with Gasteiger partial charge < -0.3 is 15.4 Å². The van der Waals surface area contributed by atoms with Gasteiger partial charge in [0.15, 0.2) is 9.84 Å². The average Bonchev–Trinajstić information content (AvgIpc) is 2.59. The molecule has 8 heteroatoms. The van der Waals surface area contributed by atoms with E-state index in [1.54, 1.807) is 12.1 Å². The normalized spacial score (nSPS) is 19.2. The molecule has 0 saturated carbocycles. The van der Waals surface area contributed by atoms with Crippen molar-refractivity contribution in [2.75, 3.05) is 26.0 Å². The smallest absolute Gasteiger partial charge is 0.254 e. The number of nitrogens with zero attached hydrogens (tertiary/aromatic N) is 1. The van der Waals surface area contributed by atoms with Gasteiger partial charge in [-0.15, -0.1) is 12.4 Å². The van der Waals surface area contributed by atoms with Crippen LogP contribution >= 0.6 is 12.4 Å². The summed E-state index contributed by atoms with van der Waals surface area (Å²) >= 11 is 0. The Morgan fingerprint density at radius 1 is 1.32 bits per heavy atom. The molecule has 1 aromatic carbocycles. The molecule has 2 atom stereocenters. The number of sulfone groups is 1. The fraction of sp³-hybridized carbons (Fsp3) is 0.588. The molecule has 2 N–H and O–H groups in total. The lowest BCUT2D eigenvalue weighted by Crippen LogP contribution is -2.51. The van der Waals surface area contributed by atoms with Crippen LogP contribution in [0.4, 0.5) is 0 Å². The Balaban J connectivity index is 0.00000312. The van der Waals surface area contributed by atoms with Crippen LogP contribution in [0.3, 0.4) is 0 Å². The van der Waals surface area contributed by atoms with Crippen LogP contribution in [0.15, 0.2) is 29.2 Å². The van der Waals surface area contributed by atoms with Gasteiger partial charge in [0.05, 0.1) is 17.3 Å². The van der Waals surface area contributed by atoms with Crippen LogP contribution < -0.4 is 5.73 Å². The van der Waals surface area contributed by atoms with Crippen molar-refractivity contribution in [2.24, 2.45) is 5.73 Å². The van der Waals surface area contributed by atoms with Gasteiger partial charge in [-0.05, 0) is 50.5 Å². The first-order chi connectivity index (χ1) is 11.4. The summed E-state index contributed by atoms with van der Waals surface area (Å²) < 4.78 is 29.1. The lowest BCUT2D eigenvalue weighted by molar-refractivity contribution is 0.0583. The number of methoxy groups -OCH3 is 1. The summed E-state index contributed by atoms with van der Waals surface area (Å²) in [5.41, 5.74) is 6.51. The van der Waals surface area contributed by atoms with E-state index in [0.717, 1.165) is 19.3 Å². The van der Waals surface area contributed by atoms with Crippen molar-refractivity contribution in [3.63, 3.8) is 0 Å². The number of carbonyl (C=O) groups is 1. The molecule has 1 amide bonds. The van der Waals surface area contributed by atoms with Crippen molar-refractivity contribution in [3.05, 3.63) is 29.8 Å². The minimum Gasteiger partial charge on any atom is -0.384 e. The fourth-order valence-corrected chi connectivity index (χ4v) is 4.21. The van der Waals surface area contributed by atoms with Gasteiger partial charge in [-0.25, -0.2) is 8.42 Å². The molecule has 6 nitrogen and oxygen atoms in total. The second-order valence-electron chi connectivity index (χ2n) is 6.26. The molecule has 142 valence electrons. The largest absolute Gasteiger partial charge is 0.384 e. The van der Waals surface area contributed by atoms with Crippen molar-refractivity contribution >= 4 is 28.2 Å². The minimum absolute atomic E-state index is 0. The van der Waals surface area contributed by atoms with Crippen molar-refractivity contribution in [2.45, 2.75) is 43.2 Å². The molecule has 0 aromatic heterocycles. The molecule has 1 aliphatic rings. The van der Waals surface area contributed by atoms with Crippen LogP contribution in [0, 0.1) is 0 Å². The van der Waals surface area contributed by atoms with Gasteiger partial charge in [-0.3, -0.25) is 4.79 Å². The Labute approximate surface area is 156 Å². The fourth-order valence-electron chi connectivity index (χ4n) is 3.04. The Morgan fingerprint density at radius 2 is 1.96 bits per heavy atom. The number of rotatable bonds is 6. The first-order valence-electron chi connectivity index (χ1n) is 8.25. The van der Waals surface area contributed by atoms with E-state index in [1.165, 1.54) is 19.2 Å². The highest BCUT2D eigenvalue weighted by molar-refractivity contribution is 7.91. The van der Waals surface area contributed by atoms with Crippen molar-refractivity contribution in [1.82, 2.24) is 4.90 Å². The molecule has 1 aliphatic heterocycles. The quantitative estimate of drug-likeness (QED) is 0.800. The second-order valence-corrected chi connectivity index (χ2v) is 8.37. The Kier molecular flexibility index (Phi) is 8.34. The van der Waals surface area contributed by atoms with Crippen LogP contribution in [-0.2, 0) is 14.6 Å². The number of hydrogen-bond acceptors (Lipinski definition) is 5. The maximum absolute atomic E-state index is 12.7. The number of carbonyl (C=O) groups excluding carboxylic acids is 1. The van der Waals surface area contributed by atoms with Crippen LogP contribution in [0.2, 0.25) is 0 Å². The van der Waals surface area contributed by atoms with Gasteiger partial charge in [-0.1, -0.05) is 0 Å². The molecule has 2 unspecified atom stereocenters. The standard InChI is InChI=1S/C17H26N2O4S.ClH/c1-13(18)16-5-3-4-10-19(16)17(20)14-6-8-15(9-7-14)24(21,22)12-11-23-2;/h6-9,13,16H,3-5,10-12,18H2,1-2H3;1H. The third kappa shape index (κ3) is 5.41. The Morgan fingerprint density at radius 3 is 2.52 bits per heavy atom. The Hall–Kier alpha value is -1.15. The van der Waals surface area contributed by atoms with Crippen molar-refractivity contribution in [3.8, 4) is 0 Å². The number of ether oxygens (including phenoxy) is 1. The molecule has 1 aromatic rings. The zero-order valence-corrected chi connectivity index (χ0v) is 16.3. The molecule has 0 bridgehead atoms. The van der Waals surface area contributed by atoms with E-state index >= 15 is 0 Å². The number of likely N-dealkylation sites (tertiary alicyclic amines) is 1. The predicted molar refractivity (Wildman–Crippen MR) is 99.9 cm³/mol. The first-order valence-corrected chi connectivity index (χ1v) is 9.90. The number of nitrogens with two attached hydrogens (primary N) is 1. The van der Waals surface area contributed by atoms with E-state index in [2.05, 4.69) is 0 Å². The summed E-state index contributed by atoms with van der Waals surface area (Å²) in [6.45, 7) is 2.76. The van der Waals surface area contributed by atoms with E-state index in [1.807, 2.05) is 11.8 Å². The molecule has 0 spiro atoms. The molecule has 1 fully saturated rings. The number of piperidine rings is 1. The molecular weight excluding hydrogens is 364 g/mol. The molecule has 25 heavy (non-hydrogen) atoms. The molecule has 0 radical (unpaired) electrons. The van der Waals surface area contributed by atoms with E-state index in [0.29, 0.717) is 12.1 Å². The topological polar surface area (TPSA) is 89.7 Å². The molecule has 1 heterocycles. The summed E-state index contributed by atoms with van der Waals surface area (Å²) in [7, 11) is -1.92. The predicted octanol–water partition coefficient (Wildman–Crippen LogP) is 1.87. The SMILES string of the molecule is COCCS(=O)(=O)c1ccc(C(=O)N2CCCCC2C(C)N)cc1.Cl. The van der Waals surface area contributed by atoms with Gasteiger partial charge in [0.25, 0.3) is 5.91 Å². The van der Waals surface area contributed by atoms with Gasteiger partial charge in [0.1, 0.15) is 0 Å². The minimum atomic E-state index is -3.38. The van der Waals surface area contributed by atoms with Crippen LogP contribution in [-0.4, -0.2) is 57.3 Å². The first kappa shape index (κ1) is 21.9. The molecule has 0 aliphatic carbocycles. The summed E-state index contributed by atoms with van der Waals surface area (Å²) in [5, 5.41) is 0. The van der Waals surface area contributed by atoms with Crippen LogP contribution in [0.25, 0.3) is 0 Å². The lowest BCUT2D eigenvalue weighted by atomic mass is 9.96. The third-order valence-corrected chi connectivity index (χ3v) is 6.13. The van der Waals surface area contributed by atoms with Crippen molar-refractivity contribution < 1.29 is 17.9 Å². The van der Waals surface area contributed by atoms with Gasteiger partial charge >= 0.3 is 0 Å². The molecular formula is C17H27ClN2O4S. The second kappa shape index (κ2) is 9.52. The molecule has 2 rings (SSSR count). The molecule has 1 saturated heterocycles. The monoisotopic (exact) mass is 390 g/mol. The maximum Gasteiger partial charge on any atom is 0.254 e. The summed E-state index contributed by atoms with van der Waals surface area (Å²) in [4.78, 5) is 14.8. The Bertz CT molecular complexity index is 662. The highest BCUT2D eigenvalue weighted by Gasteiger charge is 2.30. The van der Waals surface area contributed by atoms with E-state index < -0.39 is 9.84 Å². The highest BCUT2D eigenvalue weighted by Crippen LogP contribution is 2.22. The summed E-state index contributed by atoms with van der Waals surface area (Å²) in [6, 6.07) is 6.09. The van der Waals surface area contributed by atoms with Gasteiger partial charge in [0, 0.05) is 31.3 Å².